The number of aliphatic hydroxyl groups is 4. The molecule has 2 aliphatic heterocycles. The van der Waals surface area contributed by atoms with Gasteiger partial charge in [-0.25, -0.2) is 0 Å². The predicted octanol–water partition coefficient (Wildman–Crippen LogP) is -0.0420. The molecule has 0 aromatic heterocycles. The molecule has 7 nitrogen and oxygen atoms in total. The molecule has 4 N–H and O–H groups in total. The number of carbonyl (C=O) groups excluding carboxylic acids is 1. The van der Waals surface area contributed by atoms with Crippen molar-refractivity contribution in [1.82, 2.24) is 0 Å². The summed E-state index contributed by atoms with van der Waals surface area (Å²) in [6.07, 6.45) is -1.46. The number of carbonyl (C=O) groups is 1. The number of fused-ring (bicyclic) bond motifs is 1. The average Bonchev–Trinajstić information content (AvgIpc) is 2.90. The highest BCUT2D eigenvalue weighted by Crippen LogP contribution is 2.73. The molecule has 5 rings (SSSR count). The molecular weight excluding hydrogens is 352 g/mol. The second-order valence-electron chi connectivity index (χ2n) is 9.68. The Morgan fingerprint density at radius 3 is 2.63 bits per heavy atom. The molecule has 2 saturated carbocycles. The minimum atomic E-state index is -1.84. The predicted molar refractivity (Wildman–Crippen MR) is 92.0 cm³/mol. The van der Waals surface area contributed by atoms with E-state index < -0.39 is 47.0 Å². The van der Waals surface area contributed by atoms with Crippen LogP contribution in [0.5, 0.6) is 0 Å². The summed E-state index contributed by atoms with van der Waals surface area (Å²) >= 11 is 0. The molecule has 0 aromatic rings. The average molecular weight is 380 g/mol. The molecule has 0 aromatic carbocycles. The van der Waals surface area contributed by atoms with Crippen molar-refractivity contribution in [2.75, 3.05) is 6.61 Å². The topological polar surface area (TPSA) is 116 Å². The van der Waals surface area contributed by atoms with Crippen LogP contribution in [0.1, 0.15) is 33.6 Å². The second kappa shape index (κ2) is 5.13. The van der Waals surface area contributed by atoms with Gasteiger partial charge in [0.2, 0.25) is 0 Å². The molecule has 7 heteroatoms. The van der Waals surface area contributed by atoms with Crippen LogP contribution in [0.4, 0.5) is 0 Å². The van der Waals surface area contributed by atoms with E-state index in [1.807, 2.05) is 20.8 Å². The molecule has 11 atom stereocenters. The van der Waals surface area contributed by atoms with Crippen LogP contribution in [0, 0.1) is 34.5 Å². The van der Waals surface area contributed by atoms with Gasteiger partial charge in [0.25, 0.3) is 0 Å². The van der Waals surface area contributed by atoms with Crippen molar-refractivity contribution in [2.24, 2.45) is 34.5 Å². The third kappa shape index (κ3) is 1.79. The van der Waals surface area contributed by atoms with Gasteiger partial charge in [-0.2, -0.15) is 0 Å². The standard InChI is InChI=1S/C20H28O7/c1-8-4-12(21)16(24)18(3)10(8)5-13-19-7-26-20(25,17(18)19)15(23)9(2)11(19)6-14(22)27-13/h4,9-13,15-17,21,23-25H,5-7H2,1-3H3. The number of rotatable bonds is 0. The van der Waals surface area contributed by atoms with Crippen molar-refractivity contribution in [2.45, 2.75) is 63.8 Å². The molecule has 1 spiro atoms. The van der Waals surface area contributed by atoms with E-state index in [0.717, 1.165) is 5.57 Å². The number of hydrogen-bond donors (Lipinski definition) is 4. The Labute approximate surface area is 158 Å². The molecule has 150 valence electrons. The van der Waals surface area contributed by atoms with Gasteiger partial charge in [-0.3, -0.25) is 4.79 Å². The summed E-state index contributed by atoms with van der Waals surface area (Å²) in [5, 5.41) is 44.1. The molecule has 11 unspecified atom stereocenters. The van der Waals surface area contributed by atoms with Crippen LogP contribution in [0.2, 0.25) is 0 Å². The summed E-state index contributed by atoms with van der Waals surface area (Å²) in [5.41, 5.74) is -0.687. The number of hydrogen-bond acceptors (Lipinski definition) is 7. The Balaban J connectivity index is 1.77. The summed E-state index contributed by atoms with van der Waals surface area (Å²) in [6.45, 7) is 5.79. The molecule has 2 saturated heterocycles. The van der Waals surface area contributed by atoms with E-state index in [2.05, 4.69) is 0 Å². The Morgan fingerprint density at radius 1 is 1.22 bits per heavy atom. The molecule has 27 heavy (non-hydrogen) atoms. The van der Waals surface area contributed by atoms with Gasteiger partial charge >= 0.3 is 5.97 Å². The van der Waals surface area contributed by atoms with Gasteiger partial charge in [-0.05, 0) is 31.1 Å². The quantitative estimate of drug-likeness (QED) is 0.344. The summed E-state index contributed by atoms with van der Waals surface area (Å²) in [7, 11) is 0. The highest BCUT2D eigenvalue weighted by Gasteiger charge is 2.81. The molecular formula is C20H28O7. The van der Waals surface area contributed by atoms with Crippen LogP contribution in [0.25, 0.3) is 0 Å². The lowest BCUT2D eigenvalue weighted by atomic mass is 9.38. The first-order valence-corrected chi connectivity index (χ1v) is 9.86. The first kappa shape index (κ1) is 18.1. The van der Waals surface area contributed by atoms with Gasteiger partial charge < -0.3 is 29.9 Å². The zero-order chi connectivity index (χ0) is 19.5. The van der Waals surface area contributed by atoms with E-state index in [0.29, 0.717) is 6.42 Å². The van der Waals surface area contributed by atoms with Crippen molar-refractivity contribution < 1.29 is 34.7 Å². The van der Waals surface area contributed by atoms with Crippen LogP contribution in [0.3, 0.4) is 0 Å². The summed E-state index contributed by atoms with van der Waals surface area (Å²) in [4.78, 5) is 12.3. The minimum Gasteiger partial charge on any atom is -0.462 e. The Bertz CT molecular complexity index is 736. The fourth-order valence-electron chi connectivity index (χ4n) is 7.70. The SMILES string of the molecule is CC1=CC(O)C(O)C2(C)C1CC1OC(=O)CC3C(C)C(O)C4(O)OCC13C42. The first-order chi connectivity index (χ1) is 12.6. The number of aliphatic hydroxyl groups excluding tert-OH is 3. The Kier molecular flexibility index (Phi) is 3.43. The molecule has 5 aliphatic rings. The van der Waals surface area contributed by atoms with Gasteiger partial charge in [0, 0.05) is 23.2 Å². The summed E-state index contributed by atoms with van der Waals surface area (Å²) in [5.74, 6) is -3.53. The van der Waals surface area contributed by atoms with Gasteiger partial charge in [0.05, 0.1) is 18.8 Å². The van der Waals surface area contributed by atoms with Gasteiger partial charge in [0.15, 0.2) is 5.79 Å². The maximum atomic E-state index is 12.3. The third-order valence-electron chi connectivity index (χ3n) is 8.78. The molecule has 2 heterocycles. The summed E-state index contributed by atoms with van der Waals surface area (Å²) in [6, 6.07) is 0. The smallest absolute Gasteiger partial charge is 0.306 e. The van der Waals surface area contributed by atoms with Crippen LogP contribution < -0.4 is 0 Å². The van der Waals surface area contributed by atoms with Crippen LogP contribution in [0.15, 0.2) is 11.6 Å². The third-order valence-corrected chi connectivity index (χ3v) is 8.78. The fourth-order valence-corrected chi connectivity index (χ4v) is 7.70. The molecule has 3 aliphatic carbocycles. The van der Waals surface area contributed by atoms with Gasteiger partial charge in [0.1, 0.15) is 12.2 Å². The normalized spacial score (nSPS) is 61.6. The fraction of sp³-hybridized carbons (Fsp3) is 0.850. The van der Waals surface area contributed by atoms with Crippen molar-refractivity contribution in [3.8, 4) is 0 Å². The summed E-state index contributed by atoms with van der Waals surface area (Å²) < 4.78 is 11.7. The largest absolute Gasteiger partial charge is 0.462 e. The molecule has 0 amide bonds. The lowest BCUT2D eigenvalue weighted by Crippen LogP contribution is -2.76. The van der Waals surface area contributed by atoms with E-state index in [1.165, 1.54) is 0 Å². The lowest BCUT2D eigenvalue weighted by Gasteiger charge is -2.68. The van der Waals surface area contributed by atoms with E-state index in [1.54, 1.807) is 6.08 Å². The Hall–Kier alpha value is -0.990. The number of allylic oxidation sites excluding steroid dienone is 1. The van der Waals surface area contributed by atoms with Crippen molar-refractivity contribution >= 4 is 5.97 Å². The maximum absolute atomic E-state index is 12.3. The van der Waals surface area contributed by atoms with Crippen LogP contribution in [-0.4, -0.2) is 63.2 Å². The maximum Gasteiger partial charge on any atom is 0.306 e. The highest BCUT2D eigenvalue weighted by atomic mass is 16.6. The van der Waals surface area contributed by atoms with Crippen molar-refractivity contribution in [1.29, 1.82) is 0 Å². The zero-order valence-corrected chi connectivity index (χ0v) is 15.8. The molecule has 2 bridgehead atoms. The van der Waals surface area contributed by atoms with Crippen LogP contribution in [-0.2, 0) is 14.3 Å². The Morgan fingerprint density at radius 2 is 1.93 bits per heavy atom. The van der Waals surface area contributed by atoms with E-state index in [9.17, 15) is 25.2 Å². The van der Waals surface area contributed by atoms with Gasteiger partial charge in [-0.1, -0.05) is 25.5 Å². The molecule has 4 fully saturated rings. The lowest BCUT2D eigenvalue weighted by molar-refractivity contribution is -0.337. The van der Waals surface area contributed by atoms with Gasteiger partial charge in [-0.15, -0.1) is 0 Å². The molecule has 0 radical (unpaired) electrons. The van der Waals surface area contributed by atoms with Crippen molar-refractivity contribution in [3.05, 3.63) is 11.6 Å². The van der Waals surface area contributed by atoms with Crippen LogP contribution >= 0.6 is 0 Å². The minimum absolute atomic E-state index is 0.166. The second-order valence-corrected chi connectivity index (χ2v) is 9.68. The number of ether oxygens (including phenoxy) is 2. The first-order valence-electron chi connectivity index (χ1n) is 9.86. The van der Waals surface area contributed by atoms with Crippen molar-refractivity contribution in [3.63, 3.8) is 0 Å². The monoisotopic (exact) mass is 380 g/mol. The zero-order valence-electron chi connectivity index (χ0n) is 15.8. The number of esters is 1. The van der Waals surface area contributed by atoms with E-state index in [-0.39, 0.29) is 36.8 Å². The highest BCUT2D eigenvalue weighted by molar-refractivity contribution is 5.71. The van der Waals surface area contributed by atoms with E-state index >= 15 is 0 Å². The van der Waals surface area contributed by atoms with E-state index in [4.69, 9.17) is 9.47 Å².